The molecule has 3 aromatic rings. The summed E-state index contributed by atoms with van der Waals surface area (Å²) < 4.78 is 27.2. The number of benzene rings is 1. The smallest absolute Gasteiger partial charge is 0.261 e. The van der Waals surface area contributed by atoms with Gasteiger partial charge in [-0.15, -0.1) is 10.2 Å². The van der Waals surface area contributed by atoms with Crippen molar-refractivity contribution < 1.29 is 13.2 Å². The van der Waals surface area contributed by atoms with Gasteiger partial charge < -0.3 is 0 Å². The zero-order valence-electron chi connectivity index (χ0n) is 12.1. The minimum absolute atomic E-state index is 0.0312. The fourth-order valence-electron chi connectivity index (χ4n) is 1.84. The number of carbonyl (C=O) groups is 1. The third kappa shape index (κ3) is 3.73. The Morgan fingerprint density at radius 2 is 2.04 bits per heavy atom. The number of carbonyl (C=O) groups excluding carboxylic acids is 1. The first kappa shape index (κ1) is 16.0. The third-order valence-corrected chi connectivity index (χ3v) is 4.89. The molecule has 0 aliphatic carbocycles. The van der Waals surface area contributed by atoms with Crippen LogP contribution in [0.25, 0.3) is 0 Å². The van der Waals surface area contributed by atoms with Crippen LogP contribution in [0.5, 0.6) is 0 Å². The molecule has 0 bridgehead atoms. The Bertz CT molecular complexity index is 944. The zero-order valence-corrected chi connectivity index (χ0v) is 13.7. The highest BCUT2D eigenvalue weighted by atomic mass is 32.2. The first-order valence-corrected chi connectivity index (χ1v) is 9.01. The lowest BCUT2D eigenvalue weighted by Crippen LogP contribution is -2.16. The fraction of sp³-hybridized carbons (Fsp3) is 0. The second-order valence-corrected chi connectivity index (χ2v) is 7.09. The minimum atomic E-state index is -3.83. The van der Waals surface area contributed by atoms with Crippen LogP contribution in [-0.2, 0) is 10.0 Å². The topological polar surface area (TPSA) is 114 Å². The molecule has 0 atom stereocenters. The van der Waals surface area contributed by atoms with Crippen LogP contribution in [0.1, 0.15) is 10.4 Å². The monoisotopic (exact) mass is 361 g/mol. The van der Waals surface area contributed by atoms with E-state index in [2.05, 4.69) is 25.2 Å². The predicted octanol–water partition coefficient (Wildman–Crippen LogP) is 1.99. The maximum absolute atomic E-state index is 12.4. The maximum atomic E-state index is 12.4. The van der Waals surface area contributed by atoms with Crippen LogP contribution in [-0.4, -0.2) is 29.5 Å². The lowest BCUT2D eigenvalue weighted by Gasteiger charge is -2.09. The Morgan fingerprint density at radius 1 is 1.17 bits per heavy atom. The van der Waals surface area contributed by atoms with Crippen molar-refractivity contribution in [1.29, 1.82) is 0 Å². The van der Waals surface area contributed by atoms with E-state index >= 15 is 0 Å². The molecular formula is C14H11N5O3S2. The van der Waals surface area contributed by atoms with Gasteiger partial charge in [0.1, 0.15) is 5.51 Å². The molecule has 0 saturated heterocycles. The molecule has 24 heavy (non-hydrogen) atoms. The predicted molar refractivity (Wildman–Crippen MR) is 89.3 cm³/mol. The fourth-order valence-corrected chi connectivity index (χ4v) is 3.37. The summed E-state index contributed by atoms with van der Waals surface area (Å²) in [7, 11) is -3.83. The third-order valence-electron chi connectivity index (χ3n) is 2.90. The van der Waals surface area contributed by atoms with Crippen molar-refractivity contribution in [2.24, 2.45) is 0 Å². The van der Waals surface area contributed by atoms with Gasteiger partial charge >= 0.3 is 0 Å². The largest absolute Gasteiger partial charge is 0.296 e. The van der Waals surface area contributed by atoms with Crippen LogP contribution in [0.15, 0.2) is 59.2 Å². The summed E-state index contributed by atoms with van der Waals surface area (Å²) in [5.41, 5.74) is 2.01. The summed E-state index contributed by atoms with van der Waals surface area (Å²) in [4.78, 5) is 16.0. The molecule has 0 aliphatic rings. The molecule has 8 nitrogen and oxygen atoms in total. The highest BCUT2D eigenvalue weighted by molar-refractivity contribution is 7.92. The Balaban J connectivity index is 1.83. The van der Waals surface area contributed by atoms with E-state index in [1.54, 1.807) is 12.1 Å². The summed E-state index contributed by atoms with van der Waals surface area (Å²) in [6, 6.07) is 8.89. The van der Waals surface area contributed by atoms with Crippen molar-refractivity contribution in [3.8, 4) is 0 Å². The second-order valence-electron chi connectivity index (χ2n) is 4.57. The lowest BCUT2D eigenvalue weighted by molar-refractivity contribution is 0.102. The Morgan fingerprint density at radius 3 is 2.75 bits per heavy atom. The van der Waals surface area contributed by atoms with Gasteiger partial charge in [-0.25, -0.2) is 8.42 Å². The molecular weight excluding hydrogens is 350 g/mol. The highest BCUT2D eigenvalue weighted by Gasteiger charge is 2.17. The van der Waals surface area contributed by atoms with Crippen LogP contribution in [0.4, 0.5) is 10.8 Å². The van der Waals surface area contributed by atoms with Crippen LogP contribution in [0, 0.1) is 0 Å². The van der Waals surface area contributed by atoms with E-state index in [0.29, 0.717) is 10.8 Å². The molecule has 3 rings (SSSR count). The number of anilines is 2. The summed E-state index contributed by atoms with van der Waals surface area (Å²) in [6.45, 7) is 0. The minimum Gasteiger partial charge on any atom is -0.296 e. The maximum Gasteiger partial charge on any atom is 0.261 e. The van der Waals surface area contributed by atoms with Crippen LogP contribution >= 0.6 is 11.3 Å². The highest BCUT2D eigenvalue weighted by Crippen LogP contribution is 2.17. The van der Waals surface area contributed by atoms with E-state index in [9.17, 15) is 13.2 Å². The first-order chi connectivity index (χ1) is 11.5. The number of hydrogen-bond donors (Lipinski definition) is 2. The zero-order chi connectivity index (χ0) is 17.0. The van der Waals surface area contributed by atoms with Gasteiger partial charge in [0.25, 0.3) is 15.9 Å². The van der Waals surface area contributed by atoms with E-state index in [1.807, 2.05) is 0 Å². The quantitative estimate of drug-likeness (QED) is 0.718. The summed E-state index contributed by atoms with van der Waals surface area (Å²) in [5, 5.41) is 10.2. The molecule has 10 heteroatoms. The van der Waals surface area contributed by atoms with Crippen molar-refractivity contribution >= 4 is 38.1 Å². The Kier molecular flexibility index (Phi) is 4.49. The number of hydrogen-bond acceptors (Lipinski definition) is 7. The number of sulfonamides is 1. The number of nitrogens with zero attached hydrogens (tertiary/aromatic N) is 3. The van der Waals surface area contributed by atoms with Gasteiger partial charge in [-0.1, -0.05) is 17.4 Å². The number of aromatic nitrogens is 3. The van der Waals surface area contributed by atoms with Gasteiger partial charge in [0.05, 0.1) is 16.8 Å². The molecule has 1 aromatic carbocycles. The van der Waals surface area contributed by atoms with Crippen LogP contribution < -0.4 is 10.0 Å². The average molecular weight is 361 g/mol. The molecule has 0 unspecified atom stereocenters. The standard InChI is InChI=1S/C14H11N5O3S2/c20-13(17-14-18-16-9-23-14)10-3-1-5-12(7-10)24(21,22)19-11-4-2-6-15-8-11/h1-9,19H,(H,17,18,20). The van der Waals surface area contributed by atoms with Crippen LogP contribution in [0.3, 0.4) is 0 Å². The molecule has 0 radical (unpaired) electrons. The van der Waals surface area contributed by atoms with E-state index in [-0.39, 0.29) is 10.5 Å². The van der Waals surface area contributed by atoms with Crippen molar-refractivity contribution in [2.75, 3.05) is 10.0 Å². The molecule has 0 fully saturated rings. The molecule has 1 amide bonds. The number of rotatable bonds is 5. The normalized spacial score (nSPS) is 11.0. The van der Waals surface area contributed by atoms with Crippen molar-refractivity contribution in [3.05, 3.63) is 59.9 Å². The van der Waals surface area contributed by atoms with Crippen LogP contribution in [0.2, 0.25) is 0 Å². The summed E-state index contributed by atoms with van der Waals surface area (Å²) in [5.74, 6) is -0.467. The van der Waals surface area contributed by atoms with Gasteiger partial charge in [-0.2, -0.15) is 0 Å². The van der Waals surface area contributed by atoms with E-state index in [1.165, 1.54) is 53.5 Å². The average Bonchev–Trinajstić information content (AvgIpc) is 3.08. The lowest BCUT2D eigenvalue weighted by atomic mass is 10.2. The molecule has 122 valence electrons. The molecule has 2 N–H and O–H groups in total. The number of nitrogens with one attached hydrogen (secondary N) is 2. The second kappa shape index (κ2) is 6.72. The molecule has 2 aromatic heterocycles. The van der Waals surface area contributed by atoms with Gasteiger partial charge in [-0.3, -0.25) is 19.8 Å². The van der Waals surface area contributed by atoms with E-state index < -0.39 is 15.9 Å². The summed E-state index contributed by atoms with van der Waals surface area (Å²) in [6.07, 6.45) is 2.93. The summed E-state index contributed by atoms with van der Waals surface area (Å²) >= 11 is 1.17. The molecule has 2 heterocycles. The van der Waals surface area contributed by atoms with Gasteiger partial charge in [0.15, 0.2) is 0 Å². The SMILES string of the molecule is O=C(Nc1nncs1)c1cccc(S(=O)(=O)Nc2cccnc2)c1. The molecule has 0 saturated carbocycles. The number of amides is 1. The first-order valence-electron chi connectivity index (χ1n) is 6.65. The van der Waals surface area contributed by atoms with E-state index in [4.69, 9.17) is 0 Å². The van der Waals surface area contributed by atoms with Crippen molar-refractivity contribution in [1.82, 2.24) is 15.2 Å². The van der Waals surface area contributed by atoms with Gasteiger partial charge in [0, 0.05) is 11.8 Å². The van der Waals surface area contributed by atoms with Crippen molar-refractivity contribution in [2.45, 2.75) is 4.90 Å². The van der Waals surface area contributed by atoms with E-state index in [0.717, 1.165) is 0 Å². The molecule has 0 aliphatic heterocycles. The van der Waals surface area contributed by atoms with Crippen molar-refractivity contribution in [3.63, 3.8) is 0 Å². The molecule has 0 spiro atoms. The van der Waals surface area contributed by atoms with Gasteiger partial charge in [0.2, 0.25) is 5.13 Å². The number of pyridine rings is 1. The van der Waals surface area contributed by atoms with Gasteiger partial charge in [-0.05, 0) is 30.3 Å². The Labute approximate surface area is 141 Å². The Hall–Kier alpha value is -2.85.